The maximum atomic E-state index is 12.9. The molecule has 2 N–H and O–H groups in total. The van der Waals surface area contributed by atoms with Gasteiger partial charge in [-0.3, -0.25) is 9.59 Å². The van der Waals surface area contributed by atoms with Crippen LogP contribution in [0.5, 0.6) is 0 Å². The van der Waals surface area contributed by atoms with Crippen molar-refractivity contribution in [3.05, 3.63) is 29.8 Å². The van der Waals surface area contributed by atoms with Crippen LogP contribution in [0.4, 0.5) is 5.69 Å². The molecule has 2 fully saturated rings. The third-order valence-electron chi connectivity index (χ3n) is 5.25. The van der Waals surface area contributed by atoms with E-state index in [1.807, 2.05) is 34.1 Å². The second kappa shape index (κ2) is 7.87. The lowest BCUT2D eigenvalue weighted by molar-refractivity contribution is -0.142. The lowest BCUT2D eigenvalue weighted by atomic mass is 10.1. The second-order valence-electron chi connectivity index (χ2n) is 7.13. The quantitative estimate of drug-likeness (QED) is 0.826. The van der Waals surface area contributed by atoms with Gasteiger partial charge in [-0.1, -0.05) is 12.1 Å². The smallest absolute Gasteiger partial charge is 0.227 e. The molecule has 0 saturated carbocycles. The number of anilines is 1. The van der Waals surface area contributed by atoms with Gasteiger partial charge in [0.1, 0.15) is 0 Å². The molecule has 6 heteroatoms. The predicted octanol–water partition coefficient (Wildman–Crippen LogP) is 0.966. The van der Waals surface area contributed by atoms with Gasteiger partial charge in [0.25, 0.3) is 0 Å². The third kappa shape index (κ3) is 4.51. The van der Waals surface area contributed by atoms with Gasteiger partial charge < -0.3 is 20.4 Å². The summed E-state index contributed by atoms with van der Waals surface area (Å²) in [6.45, 7) is 6.54. The number of nitrogens with two attached hydrogens (primary N) is 1. The van der Waals surface area contributed by atoms with E-state index >= 15 is 0 Å². The first-order valence-electron chi connectivity index (χ1n) is 9.14. The van der Waals surface area contributed by atoms with Crippen LogP contribution in [0.3, 0.4) is 0 Å². The Balaban J connectivity index is 1.68. The summed E-state index contributed by atoms with van der Waals surface area (Å²) in [7, 11) is 0. The highest BCUT2D eigenvalue weighted by atomic mass is 16.2. The molecule has 0 unspecified atom stereocenters. The van der Waals surface area contributed by atoms with Crippen molar-refractivity contribution >= 4 is 17.5 Å². The maximum absolute atomic E-state index is 12.9. The topological polar surface area (TPSA) is 69.9 Å². The van der Waals surface area contributed by atoms with E-state index < -0.39 is 0 Å². The van der Waals surface area contributed by atoms with E-state index in [9.17, 15) is 9.59 Å². The van der Waals surface area contributed by atoms with E-state index in [4.69, 9.17) is 5.73 Å². The summed E-state index contributed by atoms with van der Waals surface area (Å²) >= 11 is 0. The Kier molecular flexibility index (Phi) is 5.58. The molecule has 6 nitrogen and oxygen atoms in total. The first-order chi connectivity index (χ1) is 12.0. The summed E-state index contributed by atoms with van der Waals surface area (Å²) in [6.07, 6.45) is 2.84. The van der Waals surface area contributed by atoms with Crippen molar-refractivity contribution in [2.75, 3.05) is 45.0 Å². The molecular weight excluding hydrogens is 316 g/mol. The standard InChI is InChI=1S/C19H28N4O2/c1-15(24)22-10-11-23(18(14-22)13-21-8-2-3-9-21)19(25)12-16-4-6-17(20)7-5-16/h4-7,18H,2-3,8-14,20H2,1H3/t18-/m1/s1. The van der Waals surface area contributed by atoms with Gasteiger partial charge in [0.15, 0.2) is 0 Å². The number of nitrogen functional groups attached to an aromatic ring is 1. The number of nitrogens with zero attached hydrogens (tertiary/aromatic N) is 3. The second-order valence-corrected chi connectivity index (χ2v) is 7.13. The van der Waals surface area contributed by atoms with Crippen LogP contribution in [0.15, 0.2) is 24.3 Å². The molecule has 2 aliphatic heterocycles. The SMILES string of the molecule is CC(=O)N1CCN(C(=O)Cc2ccc(N)cc2)[C@H](CN2CCCC2)C1. The number of hydrogen-bond acceptors (Lipinski definition) is 4. The lowest BCUT2D eigenvalue weighted by Crippen LogP contribution is -2.59. The summed E-state index contributed by atoms with van der Waals surface area (Å²) in [4.78, 5) is 30.9. The van der Waals surface area contributed by atoms with Gasteiger partial charge in [0.05, 0.1) is 12.5 Å². The van der Waals surface area contributed by atoms with E-state index in [0.717, 1.165) is 25.2 Å². The summed E-state index contributed by atoms with van der Waals surface area (Å²) < 4.78 is 0. The summed E-state index contributed by atoms with van der Waals surface area (Å²) in [5.41, 5.74) is 7.41. The highest BCUT2D eigenvalue weighted by molar-refractivity contribution is 5.80. The molecule has 0 aliphatic carbocycles. The highest BCUT2D eigenvalue weighted by Gasteiger charge is 2.33. The summed E-state index contributed by atoms with van der Waals surface area (Å²) in [6, 6.07) is 7.57. The summed E-state index contributed by atoms with van der Waals surface area (Å²) in [5, 5.41) is 0. The third-order valence-corrected chi connectivity index (χ3v) is 5.25. The van der Waals surface area contributed by atoms with Crippen molar-refractivity contribution in [3.63, 3.8) is 0 Å². The Labute approximate surface area is 149 Å². The van der Waals surface area contributed by atoms with Gasteiger partial charge in [-0.2, -0.15) is 0 Å². The molecule has 2 heterocycles. The van der Waals surface area contributed by atoms with Gasteiger partial charge in [-0.15, -0.1) is 0 Å². The number of rotatable bonds is 4. The molecule has 25 heavy (non-hydrogen) atoms. The Morgan fingerprint density at radius 3 is 2.40 bits per heavy atom. The number of piperazine rings is 1. The van der Waals surface area contributed by atoms with Crippen molar-refractivity contribution in [1.29, 1.82) is 0 Å². The number of carbonyl (C=O) groups is 2. The van der Waals surface area contributed by atoms with E-state index in [1.165, 1.54) is 12.8 Å². The maximum Gasteiger partial charge on any atom is 0.227 e. The van der Waals surface area contributed by atoms with Crippen LogP contribution in [0.1, 0.15) is 25.3 Å². The number of carbonyl (C=O) groups excluding carboxylic acids is 2. The molecule has 0 aromatic heterocycles. The first kappa shape index (κ1) is 17.7. The molecule has 1 aromatic carbocycles. The fourth-order valence-corrected chi connectivity index (χ4v) is 3.80. The molecule has 3 rings (SSSR count). The van der Waals surface area contributed by atoms with Crippen LogP contribution in [0.2, 0.25) is 0 Å². The molecule has 1 atom stereocenters. The average molecular weight is 344 g/mol. The molecule has 0 spiro atoms. The summed E-state index contributed by atoms with van der Waals surface area (Å²) in [5.74, 6) is 0.231. The minimum atomic E-state index is 0.0806. The molecule has 0 radical (unpaired) electrons. The fourth-order valence-electron chi connectivity index (χ4n) is 3.80. The molecule has 2 saturated heterocycles. The number of benzene rings is 1. The molecule has 0 bridgehead atoms. The monoisotopic (exact) mass is 344 g/mol. The van der Waals surface area contributed by atoms with Crippen molar-refractivity contribution in [2.45, 2.75) is 32.2 Å². The van der Waals surface area contributed by atoms with Gasteiger partial charge >= 0.3 is 0 Å². The van der Waals surface area contributed by atoms with E-state index in [1.54, 1.807) is 6.92 Å². The van der Waals surface area contributed by atoms with E-state index in [2.05, 4.69) is 4.90 Å². The minimum Gasteiger partial charge on any atom is -0.399 e. The zero-order valence-electron chi connectivity index (χ0n) is 15.0. The largest absolute Gasteiger partial charge is 0.399 e. The fraction of sp³-hybridized carbons (Fsp3) is 0.579. The van der Waals surface area contributed by atoms with Crippen molar-refractivity contribution in [1.82, 2.24) is 14.7 Å². The Morgan fingerprint density at radius 1 is 1.08 bits per heavy atom. The predicted molar refractivity (Wildman–Crippen MR) is 98.0 cm³/mol. The number of amides is 2. The Bertz CT molecular complexity index is 610. The van der Waals surface area contributed by atoms with E-state index in [0.29, 0.717) is 31.7 Å². The first-order valence-corrected chi connectivity index (χ1v) is 9.14. The Morgan fingerprint density at radius 2 is 1.76 bits per heavy atom. The van der Waals surface area contributed by atoms with Crippen molar-refractivity contribution < 1.29 is 9.59 Å². The van der Waals surface area contributed by atoms with Crippen molar-refractivity contribution in [2.24, 2.45) is 0 Å². The van der Waals surface area contributed by atoms with E-state index in [-0.39, 0.29) is 17.9 Å². The van der Waals surface area contributed by atoms with Crippen LogP contribution >= 0.6 is 0 Å². The molecule has 2 amide bonds. The van der Waals surface area contributed by atoms with Gasteiger partial charge in [-0.05, 0) is 43.6 Å². The zero-order valence-corrected chi connectivity index (χ0v) is 15.0. The number of hydrogen-bond donors (Lipinski definition) is 1. The van der Waals surface area contributed by atoms with Gasteiger partial charge in [-0.25, -0.2) is 0 Å². The lowest BCUT2D eigenvalue weighted by Gasteiger charge is -2.42. The van der Waals surface area contributed by atoms with Gasteiger partial charge in [0.2, 0.25) is 11.8 Å². The molecule has 136 valence electrons. The minimum absolute atomic E-state index is 0.0806. The normalized spacial score (nSPS) is 21.6. The van der Waals surface area contributed by atoms with Crippen molar-refractivity contribution in [3.8, 4) is 0 Å². The average Bonchev–Trinajstić information content (AvgIpc) is 3.09. The van der Waals surface area contributed by atoms with Gasteiger partial charge in [0, 0.05) is 38.8 Å². The van der Waals surface area contributed by atoms with Crippen LogP contribution < -0.4 is 5.73 Å². The highest BCUT2D eigenvalue weighted by Crippen LogP contribution is 2.17. The van der Waals surface area contributed by atoms with Crippen LogP contribution in [0, 0.1) is 0 Å². The van der Waals surface area contributed by atoms with Crippen LogP contribution in [0.25, 0.3) is 0 Å². The zero-order chi connectivity index (χ0) is 17.8. The number of likely N-dealkylation sites (tertiary alicyclic amines) is 1. The Hall–Kier alpha value is -2.08. The molecule has 2 aliphatic rings. The molecule has 1 aromatic rings. The molecular formula is C19H28N4O2. The van der Waals surface area contributed by atoms with Crippen LogP contribution in [-0.4, -0.2) is 71.8 Å². The van der Waals surface area contributed by atoms with Crippen LogP contribution in [-0.2, 0) is 16.0 Å².